The van der Waals surface area contributed by atoms with Gasteiger partial charge in [-0.2, -0.15) is 0 Å². The van der Waals surface area contributed by atoms with E-state index in [9.17, 15) is 4.79 Å². The number of aromatic nitrogens is 2. The van der Waals surface area contributed by atoms with E-state index < -0.39 is 0 Å². The molecule has 4 aliphatic rings. The number of rotatable bonds is 3. The maximum Gasteiger partial charge on any atom is 0.212 e. The van der Waals surface area contributed by atoms with Gasteiger partial charge in [-0.05, 0) is 86.6 Å². The lowest BCUT2D eigenvalue weighted by molar-refractivity contribution is -0.00707. The number of carbonyl (C=O) groups excluding carboxylic acids is 1. The second-order valence-corrected chi connectivity index (χ2v) is 10.4. The van der Waals surface area contributed by atoms with Crippen molar-refractivity contribution in [1.82, 2.24) is 9.97 Å². The Morgan fingerprint density at radius 2 is 1.67 bits per heavy atom. The number of fused-ring (bicyclic) bond motifs is 1. The molecule has 0 atom stereocenters. The summed E-state index contributed by atoms with van der Waals surface area (Å²) >= 11 is 12.9. The third kappa shape index (κ3) is 2.90. The minimum Gasteiger partial charge on any atom is -0.287 e. The molecular weight excluding hydrogens is 415 g/mol. The molecule has 0 amide bonds. The van der Waals surface area contributed by atoms with E-state index >= 15 is 0 Å². The molecule has 3 nitrogen and oxygen atoms in total. The maximum absolute atomic E-state index is 13.5. The van der Waals surface area contributed by atoms with Gasteiger partial charge in [-0.15, -0.1) is 0 Å². The largest absolute Gasteiger partial charge is 0.287 e. The number of carbonyl (C=O) groups is 1. The van der Waals surface area contributed by atoms with Crippen molar-refractivity contribution in [2.45, 2.75) is 43.9 Å². The second-order valence-electron chi connectivity index (χ2n) is 9.58. The van der Waals surface area contributed by atoms with Crippen LogP contribution in [0.5, 0.6) is 0 Å². The molecule has 5 heteroatoms. The van der Waals surface area contributed by atoms with Crippen molar-refractivity contribution in [3.8, 4) is 0 Å². The summed E-state index contributed by atoms with van der Waals surface area (Å²) in [5.74, 6) is 2.28. The number of ketones is 1. The van der Waals surface area contributed by atoms with E-state index in [1.165, 1.54) is 38.5 Å². The molecule has 0 radical (unpaired) electrons. The molecule has 30 heavy (non-hydrogen) atoms. The van der Waals surface area contributed by atoms with Crippen LogP contribution < -0.4 is 0 Å². The van der Waals surface area contributed by atoms with Crippen molar-refractivity contribution in [2.75, 3.05) is 0 Å². The fourth-order valence-corrected chi connectivity index (χ4v) is 7.31. The quantitative estimate of drug-likeness (QED) is 0.432. The van der Waals surface area contributed by atoms with Gasteiger partial charge in [-0.3, -0.25) is 14.8 Å². The molecule has 0 saturated heterocycles. The topological polar surface area (TPSA) is 42.9 Å². The Hall–Kier alpha value is -1.97. The first-order valence-corrected chi connectivity index (χ1v) is 11.5. The fourth-order valence-electron chi connectivity index (χ4n) is 6.77. The molecule has 0 N–H and O–H groups in total. The van der Waals surface area contributed by atoms with Gasteiger partial charge in [0.2, 0.25) is 5.78 Å². The highest BCUT2D eigenvalue weighted by Crippen LogP contribution is 2.60. The third-order valence-electron chi connectivity index (χ3n) is 7.56. The molecule has 152 valence electrons. The normalized spacial score (nSPS) is 29.5. The SMILES string of the molecule is O=C(c1ccccn1)c1cc(C23CC4CC(CC(C4)C2)C3)nc2c(Cl)cc(Cl)cc12. The summed E-state index contributed by atoms with van der Waals surface area (Å²) in [6.07, 6.45) is 9.28. The van der Waals surface area contributed by atoms with Crippen molar-refractivity contribution >= 4 is 39.9 Å². The lowest BCUT2D eigenvalue weighted by atomic mass is 9.48. The summed E-state index contributed by atoms with van der Waals surface area (Å²) in [4.78, 5) is 22.9. The molecule has 4 aliphatic carbocycles. The number of benzene rings is 1. The monoisotopic (exact) mass is 436 g/mol. The van der Waals surface area contributed by atoms with Crippen LogP contribution in [0.1, 0.15) is 60.3 Å². The summed E-state index contributed by atoms with van der Waals surface area (Å²) in [5, 5.41) is 1.71. The standard InChI is InChI=1S/C25H22Cl2N2O/c26-17-8-18-19(24(30)21-3-1-2-4-28-21)10-22(29-23(18)20(27)9-17)25-11-14-5-15(12-25)7-16(6-14)13-25/h1-4,8-10,14-16H,5-7,11-13H2. The predicted molar refractivity (Wildman–Crippen MR) is 119 cm³/mol. The molecule has 7 rings (SSSR count). The van der Waals surface area contributed by atoms with Gasteiger partial charge >= 0.3 is 0 Å². The molecule has 0 aliphatic heterocycles. The summed E-state index contributed by atoms with van der Waals surface area (Å²) in [6, 6.07) is 11.0. The van der Waals surface area contributed by atoms with E-state index in [2.05, 4.69) is 4.98 Å². The zero-order valence-corrected chi connectivity index (χ0v) is 18.1. The lowest BCUT2D eigenvalue weighted by Crippen LogP contribution is -2.49. The first-order valence-electron chi connectivity index (χ1n) is 10.8. The first-order chi connectivity index (χ1) is 14.5. The van der Waals surface area contributed by atoms with Gasteiger partial charge < -0.3 is 0 Å². The summed E-state index contributed by atoms with van der Waals surface area (Å²) in [5.41, 5.74) is 2.82. The molecule has 0 spiro atoms. The Kier molecular flexibility index (Phi) is 4.23. The van der Waals surface area contributed by atoms with Crippen LogP contribution >= 0.6 is 23.2 Å². The molecule has 2 heterocycles. The number of nitrogens with zero attached hydrogens (tertiary/aromatic N) is 2. The Bertz CT molecular complexity index is 1140. The van der Waals surface area contributed by atoms with Crippen molar-refractivity contribution < 1.29 is 4.79 Å². The summed E-state index contributed by atoms with van der Waals surface area (Å²) in [7, 11) is 0. The van der Waals surface area contributed by atoms with Crippen LogP contribution in [0.4, 0.5) is 0 Å². The number of halogens is 2. The lowest BCUT2D eigenvalue weighted by Gasteiger charge is -2.56. The Morgan fingerprint density at radius 3 is 2.30 bits per heavy atom. The van der Waals surface area contributed by atoms with Crippen LogP contribution in [0.15, 0.2) is 42.6 Å². The first kappa shape index (κ1) is 18.8. The number of hydrogen-bond acceptors (Lipinski definition) is 3. The number of pyridine rings is 2. The Labute approximate surface area is 185 Å². The van der Waals surface area contributed by atoms with Crippen molar-refractivity contribution in [1.29, 1.82) is 0 Å². The third-order valence-corrected chi connectivity index (χ3v) is 8.06. The molecule has 1 aromatic carbocycles. The highest BCUT2D eigenvalue weighted by atomic mass is 35.5. The van der Waals surface area contributed by atoms with Gasteiger partial charge in [0.15, 0.2) is 0 Å². The zero-order chi connectivity index (χ0) is 20.5. The molecule has 4 fully saturated rings. The number of hydrogen-bond donors (Lipinski definition) is 0. The van der Waals surface area contributed by atoms with Gasteiger partial charge in [-0.25, -0.2) is 0 Å². The van der Waals surface area contributed by atoms with Gasteiger partial charge in [-0.1, -0.05) is 29.3 Å². The van der Waals surface area contributed by atoms with Crippen molar-refractivity contribution in [3.63, 3.8) is 0 Å². The van der Waals surface area contributed by atoms with Gasteiger partial charge in [0.05, 0.1) is 10.5 Å². The highest BCUT2D eigenvalue weighted by molar-refractivity contribution is 6.39. The highest BCUT2D eigenvalue weighted by Gasteiger charge is 2.52. The molecular formula is C25H22Cl2N2O. The average molecular weight is 437 g/mol. The van der Waals surface area contributed by atoms with E-state index in [-0.39, 0.29) is 11.2 Å². The average Bonchev–Trinajstić information content (AvgIpc) is 2.72. The van der Waals surface area contributed by atoms with Crippen LogP contribution in [0.3, 0.4) is 0 Å². The molecule has 3 aromatic rings. The van der Waals surface area contributed by atoms with Crippen LogP contribution in [-0.2, 0) is 5.41 Å². The minimum atomic E-state index is -0.104. The van der Waals surface area contributed by atoms with Crippen LogP contribution in [0, 0.1) is 17.8 Å². The van der Waals surface area contributed by atoms with E-state index in [0.717, 1.165) is 23.4 Å². The molecule has 4 saturated carbocycles. The zero-order valence-electron chi connectivity index (χ0n) is 16.6. The fraction of sp³-hybridized carbons (Fsp3) is 0.400. The van der Waals surface area contributed by atoms with E-state index in [1.807, 2.05) is 18.2 Å². The van der Waals surface area contributed by atoms with Gasteiger partial charge in [0.1, 0.15) is 5.69 Å². The summed E-state index contributed by atoms with van der Waals surface area (Å²) in [6.45, 7) is 0. The molecule has 2 aromatic heterocycles. The van der Waals surface area contributed by atoms with Gasteiger partial charge in [0.25, 0.3) is 0 Å². The molecule has 4 bridgehead atoms. The minimum absolute atomic E-state index is 0.0745. The van der Waals surface area contributed by atoms with Crippen LogP contribution in [0.25, 0.3) is 10.9 Å². The van der Waals surface area contributed by atoms with Crippen LogP contribution in [-0.4, -0.2) is 15.8 Å². The Morgan fingerprint density at radius 1 is 0.967 bits per heavy atom. The van der Waals surface area contributed by atoms with Gasteiger partial charge in [0, 0.05) is 33.3 Å². The molecule has 0 unspecified atom stereocenters. The summed E-state index contributed by atoms with van der Waals surface area (Å²) < 4.78 is 0. The van der Waals surface area contributed by atoms with Crippen molar-refractivity contribution in [2.24, 2.45) is 17.8 Å². The van der Waals surface area contributed by atoms with E-state index in [1.54, 1.807) is 24.4 Å². The van der Waals surface area contributed by atoms with Crippen LogP contribution in [0.2, 0.25) is 10.0 Å². The second kappa shape index (κ2) is 6.77. The predicted octanol–water partition coefficient (Wildman–Crippen LogP) is 6.64. The van der Waals surface area contributed by atoms with E-state index in [4.69, 9.17) is 28.2 Å². The smallest absolute Gasteiger partial charge is 0.212 e. The Balaban J connectivity index is 1.57. The maximum atomic E-state index is 13.5. The van der Waals surface area contributed by atoms with Crippen molar-refractivity contribution in [3.05, 3.63) is 69.6 Å². The van der Waals surface area contributed by atoms with E-state index in [0.29, 0.717) is 32.2 Å².